The predicted molar refractivity (Wildman–Crippen MR) is 124 cm³/mol. The molecule has 1 heterocycles. The van der Waals surface area contributed by atoms with E-state index in [1.165, 1.54) is 24.3 Å². The molecule has 0 atom stereocenters. The number of hydrogen-bond acceptors (Lipinski definition) is 3. The Hall–Kier alpha value is -3.25. The maximum Gasteiger partial charge on any atom is 0.416 e. The van der Waals surface area contributed by atoms with Gasteiger partial charge in [-0.15, -0.1) is 0 Å². The fraction of sp³-hybridized carbons (Fsp3) is 0.231. The summed E-state index contributed by atoms with van der Waals surface area (Å²) in [7, 11) is -3.96. The summed E-state index contributed by atoms with van der Waals surface area (Å²) in [6.07, 6.45) is -8.32. The average molecular weight is 561 g/mol. The summed E-state index contributed by atoms with van der Waals surface area (Å²) >= 11 is 0. The number of alkyl halides is 6. The van der Waals surface area contributed by atoms with E-state index in [2.05, 4.69) is 0 Å². The quantitative estimate of drug-likeness (QED) is 0.320. The second-order valence-electron chi connectivity index (χ2n) is 8.91. The molecule has 3 nitrogen and oxygen atoms in total. The van der Waals surface area contributed by atoms with Crippen LogP contribution in [-0.4, -0.2) is 32.7 Å². The molecule has 1 fully saturated rings. The molecular weight excluding hydrogens is 542 g/mol. The molecule has 3 aromatic rings. The zero-order valence-corrected chi connectivity index (χ0v) is 20.4. The Bertz CT molecular complexity index is 1390. The van der Waals surface area contributed by atoms with E-state index in [1.54, 1.807) is 4.90 Å². The molecule has 0 unspecified atom stereocenters. The van der Waals surface area contributed by atoms with Crippen molar-refractivity contribution < 1.29 is 43.5 Å². The van der Waals surface area contributed by atoms with E-state index >= 15 is 0 Å². The zero-order chi connectivity index (χ0) is 28.0. The van der Waals surface area contributed by atoms with Crippen molar-refractivity contribution >= 4 is 14.7 Å². The van der Waals surface area contributed by atoms with Crippen molar-refractivity contribution in [3.8, 4) is 0 Å². The summed E-state index contributed by atoms with van der Waals surface area (Å²) in [4.78, 5) is 1.35. The first-order valence-corrected chi connectivity index (χ1v) is 12.9. The number of sulfone groups is 1. The van der Waals surface area contributed by atoms with Crippen molar-refractivity contribution in [2.45, 2.75) is 18.4 Å². The zero-order valence-electron chi connectivity index (χ0n) is 19.5. The van der Waals surface area contributed by atoms with Crippen LogP contribution < -0.4 is 0 Å². The summed E-state index contributed by atoms with van der Waals surface area (Å²) < 4.78 is 131. The van der Waals surface area contributed by atoms with Crippen LogP contribution in [0.2, 0.25) is 0 Å². The van der Waals surface area contributed by atoms with Gasteiger partial charge in [-0.2, -0.15) is 26.3 Å². The number of benzene rings is 3. The summed E-state index contributed by atoms with van der Waals surface area (Å²) in [5.74, 6) is -1.96. The third-order valence-electron chi connectivity index (χ3n) is 6.08. The molecule has 0 N–H and O–H groups in total. The standard InChI is InChI=1S/C26H19F8NO2S/c1-38(36,37)24(17-10-21(27)12-22(28)11-17)18-13-35(14-18)23(15-2-6-19(7-3-15)25(29,30)31)16-4-8-20(9-5-16)26(32,33)34/h2-12,23H,13-14H2,1H3. The van der Waals surface area contributed by atoms with Crippen molar-refractivity contribution in [2.24, 2.45) is 0 Å². The van der Waals surface area contributed by atoms with Crippen LogP contribution in [0.4, 0.5) is 35.1 Å². The molecule has 202 valence electrons. The number of likely N-dealkylation sites (tertiary alicyclic amines) is 1. The van der Waals surface area contributed by atoms with Gasteiger partial charge in [0.05, 0.1) is 22.1 Å². The van der Waals surface area contributed by atoms with Gasteiger partial charge in [-0.1, -0.05) is 24.3 Å². The molecule has 3 aromatic carbocycles. The lowest BCUT2D eigenvalue weighted by Gasteiger charge is -2.42. The predicted octanol–water partition coefficient (Wildman–Crippen LogP) is 6.86. The van der Waals surface area contributed by atoms with E-state index in [1.807, 2.05) is 0 Å². The van der Waals surface area contributed by atoms with Crippen molar-refractivity contribution in [1.29, 1.82) is 0 Å². The summed E-state index contributed by atoms with van der Waals surface area (Å²) in [5.41, 5.74) is -1.07. The molecule has 0 aliphatic carbocycles. The van der Waals surface area contributed by atoms with Crippen molar-refractivity contribution in [1.82, 2.24) is 4.90 Å². The Morgan fingerprint density at radius 1 is 0.737 bits per heavy atom. The van der Waals surface area contributed by atoms with Crippen molar-refractivity contribution in [2.75, 3.05) is 19.3 Å². The molecular formula is C26H19F8NO2S. The molecule has 38 heavy (non-hydrogen) atoms. The van der Waals surface area contributed by atoms with Crippen LogP contribution in [0.25, 0.3) is 4.91 Å². The number of nitrogens with zero attached hydrogens (tertiary/aromatic N) is 1. The number of hydrogen-bond donors (Lipinski definition) is 0. The second-order valence-corrected chi connectivity index (χ2v) is 10.9. The van der Waals surface area contributed by atoms with Gasteiger partial charge in [0.15, 0.2) is 9.84 Å². The topological polar surface area (TPSA) is 37.4 Å². The SMILES string of the molecule is CS(=O)(=O)C(=C1CN(C(c2ccc(C(F)(F)F)cc2)c2ccc(C(F)(F)F)cc2)C1)c1cc(F)cc(F)c1. The fourth-order valence-electron chi connectivity index (χ4n) is 4.46. The molecule has 1 saturated heterocycles. The third-order valence-corrected chi connectivity index (χ3v) is 7.34. The molecule has 0 radical (unpaired) electrons. The first kappa shape index (κ1) is 27.8. The molecule has 0 bridgehead atoms. The van der Waals surface area contributed by atoms with E-state index in [0.29, 0.717) is 22.8 Å². The molecule has 0 aromatic heterocycles. The Morgan fingerprint density at radius 3 is 1.47 bits per heavy atom. The highest BCUT2D eigenvalue weighted by atomic mass is 32.2. The van der Waals surface area contributed by atoms with Crippen LogP contribution in [0.5, 0.6) is 0 Å². The van der Waals surface area contributed by atoms with Gasteiger partial charge in [-0.3, -0.25) is 4.90 Å². The van der Waals surface area contributed by atoms with Crippen LogP contribution >= 0.6 is 0 Å². The van der Waals surface area contributed by atoms with Gasteiger partial charge >= 0.3 is 12.4 Å². The number of rotatable bonds is 5. The van der Waals surface area contributed by atoms with E-state index in [9.17, 15) is 43.5 Å². The van der Waals surface area contributed by atoms with Crippen LogP contribution in [0.3, 0.4) is 0 Å². The molecule has 0 saturated carbocycles. The van der Waals surface area contributed by atoms with E-state index in [-0.39, 0.29) is 23.6 Å². The lowest BCUT2D eigenvalue weighted by atomic mass is 9.91. The molecule has 1 aliphatic heterocycles. The van der Waals surface area contributed by atoms with Crippen LogP contribution in [0.15, 0.2) is 72.3 Å². The molecule has 12 heteroatoms. The molecule has 0 spiro atoms. The monoisotopic (exact) mass is 561 g/mol. The smallest absolute Gasteiger partial charge is 0.284 e. The summed E-state index contributed by atoms with van der Waals surface area (Å²) in [6.45, 7) is -0.125. The second kappa shape index (κ2) is 9.81. The van der Waals surface area contributed by atoms with E-state index in [4.69, 9.17) is 0 Å². The minimum Gasteiger partial charge on any atom is -0.284 e. The maximum absolute atomic E-state index is 13.8. The average Bonchev–Trinajstić information content (AvgIpc) is 2.75. The maximum atomic E-state index is 13.8. The van der Waals surface area contributed by atoms with Gasteiger partial charge < -0.3 is 0 Å². The lowest BCUT2D eigenvalue weighted by Crippen LogP contribution is -2.44. The normalized spacial score (nSPS) is 15.1. The van der Waals surface area contributed by atoms with Gasteiger partial charge in [0.1, 0.15) is 11.6 Å². The molecule has 0 amide bonds. The highest BCUT2D eigenvalue weighted by Gasteiger charge is 2.37. The van der Waals surface area contributed by atoms with E-state index in [0.717, 1.165) is 42.7 Å². The van der Waals surface area contributed by atoms with Gasteiger partial charge in [-0.25, -0.2) is 17.2 Å². The van der Waals surface area contributed by atoms with Gasteiger partial charge in [0.25, 0.3) is 0 Å². The van der Waals surface area contributed by atoms with Crippen LogP contribution in [0.1, 0.15) is 33.9 Å². The third kappa shape index (κ3) is 5.91. The van der Waals surface area contributed by atoms with Gasteiger partial charge in [0, 0.05) is 25.4 Å². The van der Waals surface area contributed by atoms with Gasteiger partial charge in [-0.05, 0) is 58.7 Å². The Labute approximate surface area is 212 Å². The fourth-order valence-corrected chi connectivity index (χ4v) is 5.66. The van der Waals surface area contributed by atoms with Crippen LogP contribution in [-0.2, 0) is 22.2 Å². The Balaban J connectivity index is 1.75. The first-order chi connectivity index (χ1) is 17.5. The van der Waals surface area contributed by atoms with Crippen molar-refractivity contribution in [3.05, 3.63) is 112 Å². The first-order valence-electron chi connectivity index (χ1n) is 11.0. The minimum atomic E-state index is -4.60. The Morgan fingerprint density at radius 2 is 1.13 bits per heavy atom. The Kier molecular flexibility index (Phi) is 7.17. The molecule has 1 aliphatic rings. The highest BCUT2D eigenvalue weighted by Crippen LogP contribution is 2.40. The van der Waals surface area contributed by atoms with E-state index < -0.39 is 51.0 Å². The summed E-state index contributed by atoms with van der Waals surface area (Å²) in [5, 5.41) is 0. The van der Waals surface area contributed by atoms with Crippen LogP contribution in [0, 0.1) is 11.6 Å². The van der Waals surface area contributed by atoms with Gasteiger partial charge in [0.2, 0.25) is 0 Å². The van der Waals surface area contributed by atoms with Crippen molar-refractivity contribution in [3.63, 3.8) is 0 Å². The molecule has 4 rings (SSSR count). The minimum absolute atomic E-state index is 0.0623. The largest absolute Gasteiger partial charge is 0.416 e. The highest BCUT2D eigenvalue weighted by molar-refractivity contribution is 8.00. The number of halogens is 8. The lowest BCUT2D eigenvalue weighted by molar-refractivity contribution is -0.138. The summed E-state index contributed by atoms with van der Waals surface area (Å²) in [6, 6.07) is 9.70.